The Morgan fingerprint density at radius 3 is 2.26 bits per heavy atom. The summed E-state index contributed by atoms with van der Waals surface area (Å²) in [5.74, 6) is -0.492. The lowest BCUT2D eigenvalue weighted by Gasteiger charge is -2.21. The van der Waals surface area contributed by atoms with Crippen LogP contribution in [-0.4, -0.2) is 35.5 Å². The van der Waals surface area contributed by atoms with Gasteiger partial charge in [0.25, 0.3) is 0 Å². The van der Waals surface area contributed by atoms with Crippen molar-refractivity contribution in [2.75, 3.05) is 7.11 Å². The van der Waals surface area contributed by atoms with E-state index in [4.69, 9.17) is 0 Å². The van der Waals surface area contributed by atoms with Crippen molar-refractivity contribution >= 4 is 23.3 Å². The van der Waals surface area contributed by atoms with E-state index >= 15 is 0 Å². The van der Waals surface area contributed by atoms with Crippen molar-refractivity contribution in [2.24, 2.45) is 0 Å². The molecular weight excluding hydrogens is 360 g/mol. The maximum absolute atomic E-state index is 11.2. The van der Waals surface area contributed by atoms with Crippen molar-refractivity contribution in [3.05, 3.63) is 77.9 Å². The first kappa shape index (κ1) is 19.4. The summed E-state index contributed by atoms with van der Waals surface area (Å²) in [5.41, 5.74) is 3.41. The number of hydrogen-bond donors (Lipinski definition) is 2. The predicted octanol–water partition coefficient (Wildman–Crippen LogP) is 3.81. The molecule has 140 valence electrons. The van der Waals surface area contributed by atoms with Crippen molar-refractivity contribution in [1.82, 2.24) is 0 Å². The molecule has 2 N–H and O–H groups in total. The van der Waals surface area contributed by atoms with E-state index in [2.05, 4.69) is 29.0 Å². The summed E-state index contributed by atoms with van der Waals surface area (Å²) in [6.07, 6.45) is 3.59. The normalized spacial score (nSPS) is 15.0. The molecule has 0 radical (unpaired) electrons. The molecule has 0 unspecified atom stereocenters. The summed E-state index contributed by atoms with van der Waals surface area (Å²) >= 11 is 1.75. The van der Waals surface area contributed by atoms with E-state index in [1.54, 1.807) is 23.9 Å². The zero-order valence-electron chi connectivity index (χ0n) is 15.0. The topological polar surface area (TPSA) is 66.8 Å². The first-order valence-electron chi connectivity index (χ1n) is 8.76. The summed E-state index contributed by atoms with van der Waals surface area (Å²) < 4.78 is 4.52. The van der Waals surface area contributed by atoms with E-state index in [-0.39, 0.29) is 12.8 Å². The van der Waals surface area contributed by atoms with Gasteiger partial charge in [0.2, 0.25) is 0 Å². The standard InChI is InChI=1S/C22H22O4S/c1-26-22(25)14-16(24)13-15(23)7-6-10-17-18-8-2-4-11-20(18)27-21-12-5-3-9-19(17)21/h2-12,15-16,23-24H,13-14H2,1H3/b7-6+/t15-,16-/m1/s1. The number of ether oxygens (including phenoxy) is 1. The Labute approximate surface area is 163 Å². The molecule has 27 heavy (non-hydrogen) atoms. The number of hydrogen-bond acceptors (Lipinski definition) is 5. The number of carbonyl (C=O) groups excluding carboxylic acids is 1. The third-order valence-electron chi connectivity index (χ3n) is 4.31. The van der Waals surface area contributed by atoms with Gasteiger partial charge in [0.05, 0.1) is 25.7 Å². The highest BCUT2D eigenvalue weighted by atomic mass is 32.2. The molecule has 0 aromatic heterocycles. The van der Waals surface area contributed by atoms with Gasteiger partial charge in [-0.05, 0) is 28.8 Å². The number of allylic oxidation sites excluding steroid dienone is 2. The zero-order chi connectivity index (χ0) is 19.2. The number of benzene rings is 2. The maximum atomic E-state index is 11.2. The molecule has 0 spiro atoms. The Bertz CT molecular complexity index is 825. The molecule has 2 aromatic rings. The van der Waals surface area contributed by atoms with Crippen LogP contribution in [0, 0.1) is 0 Å². The number of rotatable bonds is 6. The zero-order valence-corrected chi connectivity index (χ0v) is 15.9. The van der Waals surface area contributed by atoms with Crippen LogP contribution in [0.5, 0.6) is 0 Å². The molecule has 0 bridgehead atoms. The van der Waals surface area contributed by atoms with Gasteiger partial charge in [-0.15, -0.1) is 0 Å². The van der Waals surface area contributed by atoms with Crippen molar-refractivity contribution < 1.29 is 19.7 Å². The second kappa shape index (κ2) is 9.04. The van der Waals surface area contributed by atoms with Gasteiger partial charge >= 0.3 is 5.97 Å². The quantitative estimate of drug-likeness (QED) is 0.635. The van der Waals surface area contributed by atoms with E-state index < -0.39 is 18.2 Å². The van der Waals surface area contributed by atoms with E-state index in [9.17, 15) is 15.0 Å². The Balaban J connectivity index is 1.77. The van der Waals surface area contributed by atoms with Gasteiger partial charge in [-0.1, -0.05) is 66.4 Å². The maximum Gasteiger partial charge on any atom is 0.308 e. The van der Waals surface area contributed by atoms with Crippen LogP contribution in [0.25, 0.3) is 5.57 Å². The number of methoxy groups -OCH3 is 1. The van der Waals surface area contributed by atoms with Crippen molar-refractivity contribution in [3.63, 3.8) is 0 Å². The summed E-state index contributed by atoms with van der Waals surface area (Å²) in [4.78, 5) is 13.6. The second-order valence-electron chi connectivity index (χ2n) is 6.30. The highest BCUT2D eigenvalue weighted by molar-refractivity contribution is 7.99. The van der Waals surface area contributed by atoms with Gasteiger partial charge in [-0.2, -0.15) is 0 Å². The molecule has 0 saturated heterocycles. The van der Waals surface area contributed by atoms with E-state index in [1.807, 2.05) is 30.3 Å². The monoisotopic (exact) mass is 382 g/mol. The highest BCUT2D eigenvalue weighted by Crippen LogP contribution is 2.45. The molecule has 0 aliphatic carbocycles. The van der Waals surface area contributed by atoms with Crippen molar-refractivity contribution in [1.29, 1.82) is 0 Å². The average molecular weight is 382 g/mol. The molecule has 1 aliphatic rings. The number of aliphatic hydroxyl groups excluding tert-OH is 2. The molecule has 0 saturated carbocycles. The Morgan fingerprint density at radius 1 is 1.07 bits per heavy atom. The van der Waals surface area contributed by atoms with Crippen LogP contribution < -0.4 is 0 Å². The molecule has 2 aromatic carbocycles. The lowest BCUT2D eigenvalue weighted by molar-refractivity contribution is -0.143. The average Bonchev–Trinajstić information content (AvgIpc) is 2.67. The Morgan fingerprint density at radius 2 is 1.67 bits per heavy atom. The predicted molar refractivity (Wildman–Crippen MR) is 106 cm³/mol. The first-order valence-corrected chi connectivity index (χ1v) is 9.58. The van der Waals surface area contributed by atoms with E-state index in [0.29, 0.717) is 0 Å². The van der Waals surface area contributed by atoms with Gasteiger partial charge in [0.15, 0.2) is 0 Å². The second-order valence-corrected chi connectivity index (χ2v) is 7.38. The fraction of sp³-hybridized carbons (Fsp3) is 0.227. The fourth-order valence-corrected chi connectivity index (χ4v) is 4.10. The highest BCUT2D eigenvalue weighted by Gasteiger charge is 2.19. The van der Waals surface area contributed by atoms with Crippen molar-refractivity contribution in [2.45, 2.75) is 34.8 Å². The Kier molecular flexibility index (Phi) is 6.50. The molecule has 2 atom stereocenters. The minimum absolute atomic E-state index is 0.0811. The molecule has 1 heterocycles. The lowest BCUT2D eigenvalue weighted by Crippen LogP contribution is -2.20. The molecular formula is C22H22O4S. The number of aliphatic hydroxyl groups is 2. The van der Waals surface area contributed by atoms with Gasteiger partial charge in [0.1, 0.15) is 0 Å². The van der Waals surface area contributed by atoms with Crippen LogP contribution in [-0.2, 0) is 9.53 Å². The van der Waals surface area contributed by atoms with Gasteiger partial charge in [-0.3, -0.25) is 4.79 Å². The lowest BCUT2D eigenvalue weighted by atomic mass is 9.96. The molecule has 0 fully saturated rings. The molecule has 5 heteroatoms. The van der Waals surface area contributed by atoms with Crippen LogP contribution in [0.3, 0.4) is 0 Å². The van der Waals surface area contributed by atoms with Crippen LogP contribution in [0.2, 0.25) is 0 Å². The number of esters is 1. The van der Waals surface area contributed by atoms with Crippen LogP contribution >= 0.6 is 11.8 Å². The summed E-state index contributed by atoms with van der Waals surface area (Å²) in [6.45, 7) is 0. The SMILES string of the molecule is COC(=O)C[C@H](O)C[C@H](O)/C=C/C=C1c2ccccc2Sc2ccccc21. The minimum atomic E-state index is -0.933. The van der Waals surface area contributed by atoms with E-state index in [1.165, 1.54) is 16.9 Å². The molecule has 1 aliphatic heterocycles. The summed E-state index contributed by atoms with van der Waals surface area (Å²) in [5, 5.41) is 19.9. The van der Waals surface area contributed by atoms with Gasteiger partial charge in [0, 0.05) is 16.2 Å². The van der Waals surface area contributed by atoms with Crippen molar-refractivity contribution in [3.8, 4) is 0 Å². The minimum Gasteiger partial charge on any atom is -0.469 e. The smallest absolute Gasteiger partial charge is 0.308 e. The third kappa shape index (κ3) is 4.89. The van der Waals surface area contributed by atoms with Crippen LogP contribution in [0.1, 0.15) is 24.0 Å². The van der Waals surface area contributed by atoms with Gasteiger partial charge < -0.3 is 14.9 Å². The molecule has 0 amide bonds. The third-order valence-corrected chi connectivity index (χ3v) is 5.47. The number of carbonyl (C=O) groups is 1. The number of fused-ring (bicyclic) bond motifs is 2. The first-order chi connectivity index (χ1) is 13.1. The molecule has 3 rings (SSSR count). The van der Waals surface area contributed by atoms with Gasteiger partial charge in [-0.25, -0.2) is 0 Å². The fourth-order valence-electron chi connectivity index (χ4n) is 3.00. The summed E-state index contributed by atoms with van der Waals surface area (Å²) in [6, 6.07) is 16.5. The summed E-state index contributed by atoms with van der Waals surface area (Å²) in [7, 11) is 1.27. The van der Waals surface area contributed by atoms with E-state index in [0.717, 1.165) is 16.7 Å². The molecule has 4 nitrogen and oxygen atoms in total. The van der Waals surface area contributed by atoms with Crippen LogP contribution in [0.15, 0.2) is 76.5 Å². The van der Waals surface area contributed by atoms with Crippen LogP contribution in [0.4, 0.5) is 0 Å². The largest absolute Gasteiger partial charge is 0.469 e. The Hall–Kier alpha value is -2.34.